The van der Waals surface area contributed by atoms with Crippen molar-refractivity contribution in [2.75, 3.05) is 20.8 Å². The number of rotatable bonds is 6. The molecule has 0 aromatic heterocycles. The van der Waals surface area contributed by atoms with Gasteiger partial charge < -0.3 is 18.9 Å². The Morgan fingerprint density at radius 3 is 2.42 bits per heavy atom. The van der Waals surface area contributed by atoms with Gasteiger partial charge >= 0.3 is 18.1 Å². The van der Waals surface area contributed by atoms with Gasteiger partial charge in [-0.2, -0.15) is 13.2 Å². The number of methoxy groups -OCH3 is 2. The van der Waals surface area contributed by atoms with Gasteiger partial charge in [0.1, 0.15) is 17.6 Å². The van der Waals surface area contributed by atoms with E-state index in [-0.39, 0.29) is 11.3 Å². The Balaban J connectivity index is 3.09. The summed E-state index contributed by atoms with van der Waals surface area (Å²) in [5.41, 5.74) is 0.307. The lowest BCUT2D eigenvalue weighted by Gasteiger charge is -2.13. The molecule has 0 N–H and O–H groups in total. The Morgan fingerprint density at radius 2 is 1.88 bits per heavy atom. The Morgan fingerprint density at radius 1 is 1.21 bits per heavy atom. The lowest BCUT2D eigenvalue weighted by Crippen LogP contribution is -2.21. The van der Waals surface area contributed by atoms with E-state index in [1.165, 1.54) is 25.3 Å². The van der Waals surface area contributed by atoms with Crippen molar-refractivity contribution >= 4 is 11.9 Å². The molecule has 1 rings (SSSR count). The Hall–Kier alpha value is -2.71. The number of hydrogen-bond donors (Lipinski definition) is 0. The van der Waals surface area contributed by atoms with E-state index < -0.39 is 30.5 Å². The molecule has 1 aromatic rings. The van der Waals surface area contributed by atoms with Crippen LogP contribution in [0.2, 0.25) is 0 Å². The fourth-order valence-corrected chi connectivity index (χ4v) is 1.56. The summed E-state index contributed by atoms with van der Waals surface area (Å²) in [6.07, 6.45) is -3.73. The van der Waals surface area contributed by atoms with E-state index in [0.717, 1.165) is 13.4 Å². The molecule has 24 heavy (non-hydrogen) atoms. The summed E-state index contributed by atoms with van der Waals surface area (Å²) in [5, 5.41) is 0. The summed E-state index contributed by atoms with van der Waals surface area (Å²) in [6.45, 7) is -0.118. The third-order valence-electron chi connectivity index (χ3n) is 2.55. The van der Waals surface area contributed by atoms with Crippen molar-refractivity contribution in [3.05, 3.63) is 41.3 Å². The first-order valence-corrected chi connectivity index (χ1v) is 6.51. The van der Waals surface area contributed by atoms with Crippen LogP contribution in [0.15, 0.2) is 30.2 Å². The molecule has 132 valence electrons. The van der Waals surface area contributed by atoms with E-state index >= 15 is 0 Å². The standard InChI is InChI=1S/C15H15F3O6/c1-9-4-5-11(24-12(7-21-2)14(20)22-3)10(6-9)13(19)23-8-15(16,17)18/h4-7H,8H2,1-3H3. The van der Waals surface area contributed by atoms with Crippen LogP contribution >= 0.6 is 0 Å². The number of benzene rings is 1. The predicted molar refractivity (Wildman–Crippen MR) is 75.3 cm³/mol. The van der Waals surface area contributed by atoms with Crippen LogP contribution in [0.25, 0.3) is 0 Å². The van der Waals surface area contributed by atoms with Gasteiger partial charge in [0.15, 0.2) is 6.61 Å². The van der Waals surface area contributed by atoms with Gasteiger partial charge in [-0.3, -0.25) is 0 Å². The van der Waals surface area contributed by atoms with Gasteiger partial charge in [-0.1, -0.05) is 11.6 Å². The van der Waals surface area contributed by atoms with E-state index in [2.05, 4.69) is 14.2 Å². The van der Waals surface area contributed by atoms with Crippen LogP contribution in [0, 0.1) is 6.92 Å². The van der Waals surface area contributed by atoms with E-state index in [1.54, 1.807) is 6.92 Å². The minimum atomic E-state index is -4.66. The molecule has 0 bridgehead atoms. The number of hydrogen-bond acceptors (Lipinski definition) is 6. The van der Waals surface area contributed by atoms with Crippen molar-refractivity contribution in [2.45, 2.75) is 13.1 Å². The zero-order valence-corrected chi connectivity index (χ0v) is 13.1. The average molecular weight is 348 g/mol. The lowest BCUT2D eigenvalue weighted by molar-refractivity contribution is -0.161. The number of halogens is 3. The molecule has 0 amide bonds. The molecule has 0 heterocycles. The van der Waals surface area contributed by atoms with E-state index in [1.807, 2.05) is 0 Å². The molecule has 1 aromatic carbocycles. The van der Waals surface area contributed by atoms with Crippen LogP contribution in [0.4, 0.5) is 13.2 Å². The molecule has 0 spiro atoms. The zero-order valence-electron chi connectivity index (χ0n) is 13.1. The number of carbonyl (C=O) groups excluding carboxylic acids is 2. The molecule has 0 aliphatic rings. The molecular formula is C15H15F3O6. The van der Waals surface area contributed by atoms with E-state index in [4.69, 9.17) is 4.74 Å². The third-order valence-corrected chi connectivity index (χ3v) is 2.55. The number of ether oxygens (including phenoxy) is 4. The van der Waals surface area contributed by atoms with Gasteiger partial charge in [-0.25, -0.2) is 9.59 Å². The maximum Gasteiger partial charge on any atom is 0.422 e. The fourth-order valence-electron chi connectivity index (χ4n) is 1.56. The second-order valence-electron chi connectivity index (χ2n) is 4.50. The van der Waals surface area contributed by atoms with Gasteiger partial charge in [0.25, 0.3) is 0 Å². The molecule has 9 heteroatoms. The van der Waals surface area contributed by atoms with Crippen LogP contribution in [0.5, 0.6) is 5.75 Å². The topological polar surface area (TPSA) is 71.1 Å². The second kappa shape index (κ2) is 8.23. The monoisotopic (exact) mass is 348 g/mol. The van der Waals surface area contributed by atoms with Crippen LogP contribution < -0.4 is 4.74 Å². The molecule has 0 unspecified atom stereocenters. The predicted octanol–water partition coefficient (Wildman–Crippen LogP) is 2.75. The molecule has 0 aliphatic carbocycles. The molecule has 0 saturated heterocycles. The first-order valence-electron chi connectivity index (χ1n) is 6.51. The third kappa shape index (κ3) is 5.82. The van der Waals surface area contributed by atoms with Crippen molar-refractivity contribution in [3.63, 3.8) is 0 Å². The van der Waals surface area contributed by atoms with Crippen LogP contribution in [-0.4, -0.2) is 38.9 Å². The Bertz CT molecular complexity index is 637. The molecular weight excluding hydrogens is 333 g/mol. The van der Waals surface area contributed by atoms with Gasteiger partial charge in [-0.05, 0) is 19.1 Å². The van der Waals surface area contributed by atoms with Crippen molar-refractivity contribution in [1.82, 2.24) is 0 Å². The van der Waals surface area contributed by atoms with Gasteiger partial charge in [0, 0.05) is 0 Å². The minimum absolute atomic E-state index is 0.179. The SMILES string of the molecule is COC=C(Oc1ccc(C)cc1C(=O)OCC(F)(F)F)C(=O)OC. The van der Waals surface area contributed by atoms with Crippen molar-refractivity contribution in [2.24, 2.45) is 0 Å². The maximum atomic E-state index is 12.2. The van der Waals surface area contributed by atoms with Gasteiger partial charge in [0.2, 0.25) is 5.76 Å². The summed E-state index contributed by atoms with van der Waals surface area (Å²) < 4.78 is 55.1. The Labute approximate surface area is 135 Å². The zero-order chi connectivity index (χ0) is 18.3. The molecule has 0 fully saturated rings. The summed E-state index contributed by atoms with van der Waals surface area (Å²) in [4.78, 5) is 23.4. The summed E-state index contributed by atoms with van der Waals surface area (Å²) >= 11 is 0. The largest absolute Gasteiger partial charge is 0.500 e. The van der Waals surface area contributed by atoms with Crippen LogP contribution in [0.3, 0.4) is 0 Å². The summed E-state index contributed by atoms with van der Waals surface area (Å²) in [6, 6.07) is 4.12. The normalized spacial score (nSPS) is 11.7. The molecule has 6 nitrogen and oxygen atoms in total. The van der Waals surface area contributed by atoms with Crippen molar-refractivity contribution in [3.8, 4) is 5.75 Å². The molecule has 0 aliphatic heterocycles. The fraction of sp³-hybridized carbons (Fsp3) is 0.333. The van der Waals surface area contributed by atoms with Crippen LogP contribution in [-0.2, 0) is 19.0 Å². The average Bonchev–Trinajstić information content (AvgIpc) is 2.52. The van der Waals surface area contributed by atoms with E-state index in [0.29, 0.717) is 5.56 Å². The first-order chi connectivity index (χ1) is 11.2. The highest BCUT2D eigenvalue weighted by atomic mass is 19.4. The molecule has 0 atom stereocenters. The van der Waals surface area contributed by atoms with Gasteiger partial charge in [0.05, 0.1) is 14.2 Å². The maximum absolute atomic E-state index is 12.2. The number of carbonyl (C=O) groups is 2. The number of esters is 2. The number of alkyl halides is 3. The van der Waals surface area contributed by atoms with Crippen LogP contribution in [0.1, 0.15) is 15.9 Å². The highest BCUT2D eigenvalue weighted by Crippen LogP contribution is 2.25. The van der Waals surface area contributed by atoms with Crippen molar-refractivity contribution < 1.29 is 41.7 Å². The quantitative estimate of drug-likeness (QED) is 0.447. The highest BCUT2D eigenvalue weighted by molar-refractivity contribution is 5.93. The van der Waals surface area contributed by atoms with Crippen molar-refractivity contribution in [1.29, 1.82) is 0 Å². The first kappa shape index (κ1) is 19.3. The second-order valence-corrected chi connectivity index (χ2v) is 4.50. The molecule has 0 saturated carbocycles. The Kier molecular flexibility index (Phi) is 6.63. The minimum Gasteiger partial charge on any atom is -0.500 e. The van der Waals surface area contributed by atoms with E-state index in [9.17, 15) is 22.8 Å². The smallest absolute Gasteiger partial charge is 0.422 e. The summed E-state index contributed by atoms with van der Waals surface area (Å²) in [7, 11) is 2.35. The number of aryl methyl sites for hydroxylation is 1. The lowest BCUT2D eigenvalue weighted by atomic mass is 10.1. The highest BCUT2D eigenvalue weighted by Gasteiger charge is 2.30. The van der Waals surface area contributed by atoms with Gasteiger partial charge in [-0.15, -0.1) is 0 Å². The summed E-state index contributed by atoms with van der Waals surface area (Å²) in [5.74, 6) is -2.71. The molecule has 0 radical (unpaired) electrons.